The number of aryl methyl sites for hydroxylation is 1. The lowest BCUT2D eigenvalue weighted by molar-refractivity contribution is -0.113. The lowest BCUT2D eigenvalue weighted by Gasteiger charge is -2.13. The number of anilines is 1. The van der Waals surface area contributed by atoms with Crippen molar-refractivity contribution in [1.82, 2.24) is 14.8 Å². The Morgan fingerprint density at radius 3 is 2.50 bits per heavy atom. The lowest BCUT2D eigenvalue weighted by Crippen LogP contribution is -2.15. The van der Waals surface area contributed by atoms with Gasteiger partial charge in [0.05, 0.1) is 5.75 Å². The van der Waals surface area contributed by atoms with E-state index < -0.39 is 0 Å². The van der Waals surface area contributed by atoms with Crippen molar-refractivity contribution in [2.75, 3.05) is 11.1 Å². The van der Waals surface area contributed by atoms with Gasteiger partial charge in [0.15, 0.2) is 16.8 Å². The fourth-order valence-electron chi connectivity index (χ4n) is 2.71. The van der Waals surface area contributed by atoms with Gasteiger partial charge in [-0.2, -0.15) is 0 Å². The maximum Gasteiger partial charge on any atom is 0.234 e. The van der Waals surface area contributed by atoms with Gasteiger partial charge in [-0.25, -0.2) is 0 Å². The van der Waals surface area contributed by atoms with E-state index in [0.717, 1.165) is 16.5 Å². The molecule has 8 heteroatoms. The summed E-state index contributed by atoms with van der Waals surface area (Å²) in [6.45, 7) is 7.73. The first-order valence-corrected chi connectivity index (χ1v) is 10.8. The van der Waals surface area contributed by atoms with Crippen molar-refractivity contribution < 1.29 is 9.59 Å². The van der Waals surface area contributed by atoms with E-state index in [-0.39, 0.29) is 23.5 Å². The normalized spacial score (nSPS) is 11.0. The zero-order chi connectivity index (χ0) is 20.3. The Labute approximate surface area is 172 Å². The Morgan fingerprint density at radius 1 is 1.21 bits per heavy atom. The maximum absolute atomic E-state index is 12.3. The first kappa shape index (κ1) is 20.3. The van der Waals surface area contributed by atoms with Crippen LogP contribution in [0.3, 0.4) is 0 Å². The van der Waals surface area contributed by atoms with Crippen LogP contribution in [0.4, 0.5) is 5.69 Å². The van der Waals surface area contributed by atoms with Gasteiger partial charge in [-0.1, -0.05) is 11.8 Å². The summed E-state index contributed by atoms with van der Waals surface area (Å²) >= 11 is 3.04. The molecule has 0 saturated carbocycles. The van der Waals surface area contributed by atoms with Crippen molar-refractivity contribution in [3.63, 3.8) is 0 Å². The average molecular weight is 415 g/mol. The fraction of sp³-hybridized carbons (Fsp3) is 0.300. The number of carbonyl (C=O) groups is 2. The molecule has 1 amide bonds. The molecule has 28 heavy (non-hydrogen) atoms. The van der Waals surface area contributed by atoms with E-state index in [9.17, 15) is 9.59 Å². The number of ketones is 1. The number of carbonyl (C=O) groups excluding carboxylic acids is 2. The summed E-state index contributed by atoms with van der Waals surface area (Å²) in [6.07, 6.45) is 0. The molecule has 3 aromatic rings. The third kappa shape index (κ3) is 4.69. The van der Waals surface area contributed by atoms with Crippen LogP contribution in [-0.2, 0) is 4.79 Å². The van der Waals surface area contributed by atoms with Crippen molar-refractivity contribution in [1.29, 1.82) is 0 Å². The molecule has 1 N–H and O–H groups in total. The standard InChI is InChI=1S/C20H22N4O2S2/c1-12(2)24-19(16-9-13(3)27-10-16)22-23-20(24)28-11-18(26)21-17-7-5-15(6-8-17)14(4)25/h5-10,12H,11H2,1-4H3,(H,21,26). The van der Waals surface area contributed by atoms with Gasteiger partial charge >= 0.3 is 0 Å². The minimum Gasteiger partial charge on any atom is -0.325 e. The number of amides is 1. The van der Waals surface area contributed by atoms with Crippen LogP contribution in [0.2, 0.25) is 0 Å². The quantitative estimate of drug-likeness (QED) is 0.443. The third-order valence-corrected chi connectivity index (χ3v) is 5.88. The number of thioether (sulfide) groups is 1. The van der Waals surface area contributed by atoms with Crippen molar-refractivity contribution in [3.05, 3.63) is 46.2 Å². The largest absolute Gasteiger partial charge is 0.325 e. The SMILES string of the molecule is CC(=O)c1ccc(NC(=O)CSc2nnc(-c3csc(C)c3)n2C(C)C)cc1. The van der Waals surface area contributed by atoms with Gasteiger partial charge in [0.2, 0.25) is 5.91 Å². The minimum atomic E-state index is -0.133. The number of hydrogen-bond acceptors (Lipinski definition) is 6. The molecule has 0 spiro atoms. The van der Waals surface area contributed by atoms with Gasteiger partial charge in [0.25, 0.3) is 0 Å². The first-order valence-electron chi connectivity index (χ1n) is 8.89. The number of Topliss-reactive ketones (excluding diaryl/α,β-unsaturated/α-hetero) is 1. The highest BCUT2D eigenvalue weighted by molar-refractivity contribution is 7.99. The van der Waals surface area contributed by atoms with Crippen molar-refractivity contribution in [2.24, 2.45) is 0 Å². The molecule has 1 aromatic carbocycles. The molecule has 0 radical (unpaired) electrons. The molecule has 3 rings (SSSR count). The number of aromatic nitrogens is 3. The van der Waals surface area contributed by atoms with E-state index in [0.29, 0.717) is 11.3 Å². The number of rotatable bonds is 7. The van der Waals surface area contributed by atoms with Gasteiger partial charge in [0, 0.05) is 33.1 Å². The van der Waals surface area contributed by atoms with Crippen LogP contribution in [0.1, 0.15) is 42.0 Å². The molecule has 0 atom stereocenters. The van der Waals surface area contributed by atoms with Crippen LogP contribution in [-0.4, -0.2) is 32.2 Å². The molecule has 0 saturated heterocycles. The molecule has 6 nitrogen and oxygen atoms in total. The predicted octanol–water partition coefficient (Wildman–Crippen LogP) is 4.83. The monoisotopic (exact) mass is 414 g/mol. The van der Waals surface area contributed by atoms with Crippen LogP contribution in [0, 0.1) is 6.92 Å². The zero-order valence-electron chi connectivity index (χ0n) is 16.2. The van der Waals surface area contributed by atoms with Crippen molar-refractivity contribution in [2.45, 2.75) is 38.9 Å². The Balaban J connectivity index is 1.67. The van der Waals surface area contributed by atoms with Gasteiger partial charge in [0.1, 0.15) is 0 Å². The number of nitrogens with zero attached hydrogens (tertiary/aromatic N) is 3. The summed E-state index contributed by atoms with van der Waals surface area (Å²) in [7, 11) is 0. The van der Waals surface area contributed by atoms with E-state index >= 15 is 0 Å². The summed E-state index contributed by atoms with van der Waals surface area (Å²) in [6, 6.07) is 9.14. The van der Waals surface area contributed by atoms with E-state index in [1.807, 2.05) is 0 Å². The number of thiophene rings is 1. The smallest absolute Gasteiger partial charge is 0.234 e. The van der Waals surface area contributed by atoms with Crippen LogP contribution >= 0.6 is 23.1 Å². The van der Waals surface area contributed by atoms with E-state index in [4.69, 9.17) is 0 Å². The van der Waals surface area contributed by atoms with Gasteiger partial charge < -0.3 is 5.32 Å². The Kier molecular flexibility index (Phi) is 6.31. The van der Waals surface area contributed by atoms with Gasteiger partial charge in [-0.3, -0.25) is 14.2 Å². The zero-order valence-corrected chi connectivity index (χ0v) is 17.9. The molecule has 0 fully saturated rings. The summed E-state index contributed by atoms with van der Waals surface area (Å²) in [4.78, 5) is 24.9. The average Bonchev–Trinajstić information content (AvgIpc) is 3.26. The predicted molar refractivity (Wildman–Crippen MR) is 114 cm³/mol. The molecular weight excluding hydrogens is 392 g/mol. The third-order valence-electron chi connectivity index (χ3n) is 4.08. The maximum atomic E-state index is 12.3. The highest BCUT2D eigenvalue weighted by Crippen LogP contribution is 2.30. The minimum absolute atomic E-state index is 0.00178. The molecular formula is C20H22N4O2S2. The molecule has 0 aliphatic heterocycles. The summed E-state index contributed by atoms with van der Waals surface area (Å²) in [5.41, 5.74) is 2.33. The van der Waals surface area contributed by atoms with E-state index in [2.05, 4.69) is 52.3 Å². The Morgan fingerprint density at radius 2 is 1.93 bits per heavy atom. The Hall–Kier alpha value is -2.45. The van der Waals surface area contributed by atoms with Crippen molar-refractivity contribution in [3.8, 4) is 11.4 Å². The number of hydrogen-bond donors (Lipinski definition) is 1. The van der Waals surface area contributed by atoms with Gasteiger partial charge in [-0.15, -0.1) is 21.5 Å². The Bertz CT molecular complexity index is 990. The molecule has 2 heterocycles. The molecule has 146 valence electrons. The topological polar surface area (TPSA) is 76.9 Å². The van der Waals surface area contributed by atoms with Crippen LogP contribution in [0.25, 0.3) is 11.4 Å². The van der Waals surface area contributed by atoms with Crippen LogP contribution < -0.4 is 5.32 Å². The fourth-order valence-corrected chi connectivity index (χ4v) is 4.26. The second kappa shape index (κ2) is 8.70. The lowest BCUT2D eigenvalue weighted by atomic mass is 10.1. The number of nitrogens with one attached hydrogen (secondary N) is 1. The first-order chi connectivity index (χ1) is 13.3. The van der Waals surface area contributed by atoms with E-state index in [1.165, 1.54) is 23.6 Å². The summed E-state index contributed by atoms with van der Waals surface area (Å²) < 4.78 is 2.06. The second-order valence-corrected chi connectivity index (χ2v) is 8.74. The highest BCUT2D eigenvalue weighted by Gasteiger charge is 2.18. The van der Waals surface area contributed by atoms with Crippen molar-refractivity contribution >= 4 is 40.5 Å². The molecule has 2 aromatic heterocycles. The second-order valence-electron chi connectivity index (χ2n) is 6.69. The summed E-state index contributed by atoms with van der Waals surface area (Å²) in [5.74, 6) is 0.911. The number of benzene rings is 1. The molecule has 0 aliphatic carbocycles. The van der Waals surface area contributed by atoms with Crippen LogP contribution in [0.5, 0.6) is 0 Å². The van der Waals surface area contributed by atoms with E-state index in [1.54, 1.807) is 35.6 Å². The molecule has 0 aliphatic rings. The molecule has 0 unspecified atom stereocenters. The molecule has 0 bridgehead atoms. The highest BCUT2D eigenvalue weighted by atomic mass is 32.2. The van der Waals surface area contributed by atoms with Crippen LogP contribution in [0.15, 0.2) is 40.9 Å². The summed E-state index contributed by atoms with van der Waals surface area (Å²) in [5, 5.41) is 14.3. The van der Waals surface area contributed by atoms with Gasteiger partial charge in [-0.05, 0) is 58.0 Å².